The van der Waals surface area contributed by atoms with Crippen LogP contribution < -0.4 is 5.32 Å². The molecule has 1 aliphatic heterocycles. The molecule has 1 aromatic carbocycles. The van der Waals surface area contributed by atoms with Crippen molar-refractivity contribution in [3.63, 3.8) is 0 Å². The van der Waals surface area contributed by atoms with Gasteiger partial charge in [0, 0.05) is 18.8 Å². The molecule has 1 N–H and O–H groups in total. The van der Waals surface area contributed by atoms with Crippen molar-refractivity contribution in [2.24, 2.45) is 0 Å². The molecule has 1 heterocycles. The van der Waals surface area contributed by atoms with Gasteiger partial charge in [0.2, 0.25) is 0 Å². The summed E-state index contributed by atoms with van der Waals surface area (Å²) in [4.78, 5) is 12.2. The summed E-state index contributed by atoms with van der Waals surface area (Å²) >= 11 is 0. The maximum Gasteiger partial charge on any atom is 0.327 e. The minimum absolute atomic E-state index is 0.0917. The number of esters is 1. The lowest BCUT2D eigenvalue weighted by Gasteiger charge is -2.37. The van der Waals surface area contributed by atoms with Gasteiger partial charge in [0.15, 0.2) is 0 Å². The number of carbonyl (C=O) groups excluding carboxylic acids is 1. The summed E-state index contributed by atoms with van der Waals surface area (Å²) in [6.45, 7) is 5.83. The smallest absolute Gasteiger partial charge is 0.327 e. The minimum atomic E-state index is -0.417. The van der Waals surface area contributed by atoms with E-state index < -0.39 is 6.04 Å². The molecule has 4 nitrogen and oxygen atoms in total. The fourth-order valence-corrected chi connectivity index (χ4v) is 2.46. The molecule has 1 unspecified atom stereocenters. The van der Waals surface area contributed by atoms with Crippen molar-refractivity contribution in [1.29, 1.82) is 0 Å². The van der Waals surface area contributed by atoms with Gasteiger partial charge in [0.25, 0.3) is 0 Å². The second-order valence-corrected chi connectivity index (χ2v) is 5.41. The van der Waals surface area contributed by atoms with Crippen LogP contribution in [0, 0.1) is 0 Å². The maximum absolute atomic E-state index is 12.2. The van der Waals surface area contributed by atoms with Gasteiger partial charge in [0.1, 0.15) is 6.04 Å². The van der Waals surface area contributed by atoms with E-state index in [1.165, 1.54) is 0 Å². The number of hydrogen-bond acceptors (Lipinski definition) is 4. The van der Waals surface area contributed by atoms with Crippen molar-refractivity contribution >= 4 is 5.97 Å². The Bertz CT molecular complexity index is 427. The van der Waals surface area contributed by atoms with Crippen molar-refractivity contribution in [2.45, 2.75) is 38.3 Å². The first kappa shape index (κ1) is 15.0. The highest BCUT2D eigenvalue weighted by Crippen LogP contribution is 2.25. The Morgan fingerprint density at radius 3 is 2.60 bits per heavy atom. The average Bonchev–Trinajstić information content (AvgIpc) is 2.47. The zero-order valence-electron chi connectivity index (χ0n) is 12.2. The van der Waals surface area contributed by atoms with Gasteiger partial charge in [-0.15, -0.1) is 0 Å². The van der Waals surface area contributed by atoms with Crippen LogP contribution >= 0.6 is 0 Å². The Labute approximate surface area is 120 Å². The molecule has 0 aliphatic carbocycles. The molecule has 20 heavy (non-hydrogen) atoms. The van der Waals surface area contributed by atoms with Crippen molar-refractivity contribution < 1.29 is 14.3 Å². The number of hydrogen-bond donors (Lipinski definition) is 1. The number of benzene rings is 1. The fourth-order valence-electron chi connectivity index (χ4n) is 2.46. The van der Waals surface area contributed by atoms with Crippen LogP contribution in [0.1, 0.15) is 38.3 Å². The third-order valence-corrected chi connectivity index (χ3v) is 3.74. The molecule has 4 heteroatoms. The Hall–Kier alpha value is -1.39. The monoisotopic (exact) mass is 277 g/mol. The Balaban J connectivity index is 2.16. The van der Waals surface area contributed by atoms with Crippen molar-refractivity contribution in [3.8, 4) is 0 Å². The lowest BCUT2D eigenvalue weighted by molar-refractivity contribution is -0.147. The van der Waals surface area contributed by atoms with Crippen LogP contribution in [0.2, 0.25) is 0 Å². The summed E-state index contributed by atoms with van der Waals surface area (Å²) in [5, 5.41) is 3.48. The predicted octanol–water partition coefficient (Wildman–Crippen LogP) is 2.45. The normalized spacial score (nSPS) is 19.3. The quantitative estimate of drug-likeness (QED) is 0.840. The third-order valence-electron chi connectivity index (χ3n) is 3.74. The van der Waals surface area contributed by atoms with Gasteiger partial charge < -0.3 is 9.47 Å². The standard InChI is InChI=1S/C16H23NO3/c1-3-20-15(18)14(13-7-5-4-6-8-13)17-16(2)9-11-19-12-10-16/h4-8,14,17H,3,9-12H2,1-2H3. The second-order valence-electron chi connectivity index (χ2n) is 5.41. The van der Waals surface area contributed by atoms with Gasteiger partial charge in [-0.05, 0) is 32.3 Å². The summed E-state index contributed by atoms with van der Waals surface area (Å²) in [7, 11) is 0. The predicted molar refractivity (Wildman–Crippen MR) is 77.4 cm³/mol. The lowest BCUT2D eigenvalue weighted by atomic mass is 9.90. The van der Waals surface area contributed by atoms with Crippen molar-refractivity contribution in [2.75, 3.05) is 19.8 Å². The van der Waals surface area contributed by atoms with Gasteiger partial charge >= 0.3 is 5.97 Å². The Morgan fingerprint density at radius 1 is 1.35 bits per heavy atom. The highest BCUT2D eigenvalue weighted by Gasteiger charge is 2.33. The van der Waals surface area contributed by atoms with Crippen LogP contribution in [-0.2, 0) is 14.3 Å². The summed E-state index contributed by atoms with van der Waals surface area (Å²) in [5.74, 6) is -0.216. The average molecular weight is 277 g/mol. The molecule has 2 rings (SSSR count). The van der Waals surface area contributed by atoms with E-state index >= 15 is 0 Å². The Kier molecular flexibility index (Phi) is 5.15. The molecule has 1 aliphatic rings. The lowest BCUT2D eigenvalue weighted by Crippen LogP contribution is -2.50. The van der Waals surface area contributed by atoms with Gasteiger partial charge in [0.05, 0.1) is 6.61 Å². The van der Waals surface area contributed by atoms with E-state index in [0.29, 0.717) is 6.61 Å². The van der Waals surface area contributed by atoms with E-state index in [-0.39, 0.29) is 11.5 Å². The summed E-state index contributed by atoms with van der Waals surface area (Å²) in [6, 6.07) is 9.32. The van der Waals surface area contributed by atoms with Crippen molar-refractivity contribution in [3.05, 3.63) is 35.9 Å². The molecule has 1 aromatic rings. The van der Waals surface area contributed by atoms with Gasteiger partial charge in [-0.3, -0.25) is 5.32 Å². The molecule has 0 bridgehead atoms. The van der Waals surface area contributed by atoms with Gasteiger partial charge in [-0.2, -0.15) is 0 Å². The maximum atomic E-state index is 12.2. The molecule has 0 spiro atoms. The van der Waals surface area contributed by atoms with E-state index in [4.69, 9.17) is 9.47 Å². The molecule has 1 atom stereocenters. The molecule has 0 amide bonds. The van der Waals surface area contributed by atoms with Crippen LogP contribution in [0.5, 0.6) is 0 Å². The second kappa shape index (κ2) is 6.86. The van der Waals surface area contributed by atoms with Crippen LogP contribution in [0.25, 0.3) is 0 Å². The Morgan fingerprint density at radius 2 is 2.00 bits per heavy atom. The first-order valence-corrected chi connectivity index (χ1v) is 7.22. The zero-order chi connectivity index (χ0) is 14.4. The molecule has 1 saturated heterocycles. The van der Waals surface area contributed by atoms with E-state index in [0.717, 1.165) is 31.6 Å². The molecule has 110 valence electrons. The number of ether oxygens (including phenoxy) is 2. The highest BCUT2D eigenvalue weighted by atomic mass is 16.5. The number of carbonyl (C=O) groups is 1. The molecule has 0 saturated carbocycles. The van der Waals surface area contributed by atoms with Crippen LogP contribution in [0.4, 0.5) is 0 Å². The molecule has 0 aromatic heterocycles. The first-order chi connectivity index (χ1) is 9.64. The van der Waals surface area contributed by atoms with E-state index in [1.807, 2.05) is 37.3 Å². The van der Waals surface area contributed by atoms with E-state index in [1.54, 1.807) is 0 Å². The SMILES string of the molecule is CCOC(=O)C(NC1(C)CCOCC1)c1ccccc1. The van der Waals surface area contributed by atoms with E-state index in [2.05, 4.69) is 12.2 Å². The minimum Gasteiger partial charge on any atom is -0.465 e. The van der Waals surface area contributed by atoms with Gasteiger partial charge in [-0.1, -0.05) is 30.3 Å². The summed E-state index contributed by atoms with van der Waals surface area (Å²) in [6.07, 6.45) is 1.80. The summed E-state index contributed by atoms with van der Waals surface area (Å²) < 4.78 is 10.6. The van der Waals surface area contributed by atoms with Crippen molar-refractivity contribution in [1.82, 2.24) is 5.32 Å². The topological polar surface area (TPSA) is 47.6 Å². The molecule has 0 radical (unpaired) electrons. The molecular formula is C16H23NO3. The number of nitrogens with one attached hydrogen (secondary N) is 1. The van der Waals surface area contributed by atoms with Crippen LogP contribution in [0.15, 0.2) is 30.3 Å². The number of rotatable bonds is 5. The third kappa shape index (κ3) is 3.81. The van der Waals surface area contributed by atoms with E-state index in [9.17, 15) is 4.79 Å². The molecule has 1 fully saturated rings. The van der Waals surface area contributed by atoms with Crippen LogP contribution in [-0.4, -0.2) is 31.3 Å². The fraction of sp³-hybridized carbons (Fsp3) is 0.562. The zero-order valence-corrected chi connectivity index (χ0v) is 12.2. The highest BCUT2D eigenvalue weighted by molar-refractivity contribution is 5.77. The van der Waals surface area contributed by atoms with Gasteiger partial charge in [-0.25, -0.2) is 4.79 Å². The van der Waals surface area contributed by atoms with Crippen LogP contribution in [0.3, 0.4) is 0 Å². The molecular weight excluding hydrogens is 254 g/mol. The largest absolute Gasteiger partial charge is 0.465 e. The summed E-state index contributed by atoms with van der Waals surface area (Å²) in [5.41, 5.74) is 0.851. The first-order valence-electron chi connectivity index (χ1n) is 7.22.